The van der Waals surface area contributed by atoms with Gasteiger partial charge in [0.25, 0.3) is 0 Å². The number of carbonyl (C=O) groups is 2. The predicted octanol–water partition coefficient (Wildman–Crippen LogP) is 3.09. The van der Waals surface area contributed by atoms with E-state index in [1.807, 2.05) is 0 Å². The molecule has 6 heteroatoms. The van der Waals surface area contributed by atoms with E-state index in [1.54, 1.807) is 0 Å². The van der Waals surface area contributed by atoms with Crippen molar-refractivity contribution in [3.63, 3.8) is 0 Å². The number of ketones is 1. The largest absolute Gasteiger partial charge is 0.463 e. The fraction of sp³-hybridized carbons (Fsp3) is 0.0769. The van der Waals surface area contributed by atoms with Crippen LogP contribution in [0.3, 0.4) is 0 Å². The third-order valence-corrected chi connectivity index (χ3v) is 2.80. The number of esters is 1. The summed E-state index contributed by atoms with van der Waals surface area (Å²) < 4.78 is 22.7. The standard InChI is InChI=1S/C13H8ClFO4/c1-18-13(17)10-6-5-9(19-10)12(16)7-3-2-4-8(15)11(7)14/h2-6H,1H3. The minimum Gasteiger partial charge on any atom is -0.463 e. The highest BCUT2D eigenvalue weighted by Gasteiger charge is 2.20. The van der Waals surface area contributed by atoms with E-state index >= 15 is 0 Å². The highest BCUT2D eigenvalue weighted by molar-refractivity contribution is 6.34. The summed E-state index contributed by atoms with van der Waals surface area (Å²) >= 11 is 5.71. The number of halogens is 2. The lowest BCUT2D eigenvalue weighted by Gasteiger charge is -2.01. The van der Waals surface area contributed by atoms with E-state index in [-0.39, 0.29) is 22.1 Å². The number of hydrogen-bond acceptors (Lipinski definition) is 4. The van der Waals surface area contributed by atoms with Gasteiger partial charge in [0, 0.05) is 5.56 Å². The highest BCUT2D eigenvalue weighted by Crippen LogP contribution is 2.23. The molecule has 0 radical (unpaired) electrons. The maximum Gasteiger partial charge on any atom is 0.373 e. The second-order valence-corrected chi connectivity index (χ2v) is 3.96. The lowest BCUT2D eigenvalue weighted by Crippen LogP contribution is -2.02. The van der Waals surface area contributed by atoms with Crippen LogP contribution in [0.5, 0.6) is 0 Å². The molecule has 0 aliphatic rings. The molecule has 2 aromatic rings. The first-order valence-electron chi connectivity index (χ1n) is 5.21. The molecule has 2 rings (SSSR count). The van der Waals surface area contributed by atoms with E-state index in [9.17, 15) is 14.0 Å². The van der Waals surface area contributed by atoms with Crippen molar-refractivity contribution in [2.24, 2.45) is 0 Å². The van der Waals surface area contributed by atoms with Gasteiger partial charge in [-0.05, 0) is 24.3 Å². The third-order valence-electron chi connectivity index (χ3n) is 2.41. The van der Waals surface area contributed by atoms with E-state index in [0.29, 0.717) is 0 Å². The summed E-state index contributed by atoms with van der Waals surface area (Å²) in [4.78, 5) is 23.2. The summed E-state index contributed by atoms with van der Waals surface area (Å²) in [5, 5.41) is -0.288. The van der Waals surface area contributed by atoms with Crippen molar-refractivity contribution in [2.75, 3.05) is 7.11 Å². The van der Waals surface area contributed by atoms with Gasteiger partial charge in [-0.3, -0.25) is 4.79 Å². The maximum atomic E-state index is 13.3. The zero-order valence-corrected chi connectivity index (χ0v) is 10.5. The maximum absolute atomic E-state index is 13.3. The Bertz CT molecular complexity index is 648. The molecular weight excluding hydrogens is 275 g/mol. The quantitative estimate of drug-likeness (QED) is 0.641. The SMILES string of the molecule is COC(=O)c1ccc(C(=O)c2cccc(F)c2Cl)o1. The Kier molecular flexibility index (Phi) is 3.66. The molecule has 0 amide bonds. The van der Waals surface area contributed by atoms with E-state index in [4.69, 9.17) is 16.0 Å². The summed E-state index contributed by atoms with van der Waals surface area (Å²) in [6.07, 6.45) is 0. The van der Waals surface area contributed by atoms with Crippen LogP contribution < -0.4 is 0 Å². The first-order valence-corrected chi connectivity index (χ1v) is 5.59. The molecular formula is C13H8ClFO4. The Morgan fingerprint density at radius 3 is 2.58 bits per heavy atom. The van der Waals surface area contributed by atoms with Crippen LogP contribution in [0.4, 0.5) is 4.39 Å². The summed E-state index contributed by atoms with van der Waals surface area (Å²) in [7, 11) is 1.19. The lowest BCUT2D eigenvalue weighted by atomic mass is 10.1. The van der Waals surface area contributed by atoms with Crippen molar-refractivity contribution in [3.05, 3.63) is 58.3 Å². The molecule has 0 bridgehead atoms. The number of carbonyl (C=O) groups excluding carboxylic acids is 2. The summed E-state index contributed by atoms with van der Waals surface area (Å²) in [6.45, 7) is 0. The molecule has 0 fully saturated rings. The van der Waals surface area contributed by atoms with Gasteiger partial charge in [0.2, 0.25) is 11.5 Å². The van der Waals surface area contributed by atoms with Gasteiger partial charge >= 0.3 is 5.97 Å². The molecule has 0 aliphatic carbocycles. The van der Waals surface area contributed by atoms with Crippen molar-refractivity contribution in [1.29, 1.82) is 0 Å². The van der Waals surface area contributed by atoms with Crippen LogP contribution >= 0.6 is 11.6 Å². The van der Waals surface area contributed by atoms with E-state index in [1.165, 1.54) is 31.4 Å². The second-order valence-electron chi connectivity index (χ2n) is 3.59. The van der Waals surface area contributed by atoms with Gasteiger partial charge in [-0.1, -0.05) is 17.7 Å². The first kappa shape index (κ1) is 13.3. The Balaban J connectivity index is 2.37. The van der Waals surface area contributed by atoms with Gasteiger partial charge in [-0.25, -0.2) is 9.18 Å². The fourth-order valence-electron chi connectivity index (χ4n) is 1.48. The molecule has 98 valence electrons. The minimum absolute atomic E-state index is 0.0348. The summed E-state index contributed by atoms with van der Waals surface area (Å²) in [5.41, 5.74) is -0.0348. The number of benzene rings is 1. The Hall–Kier alpha value is -2.14. The summed E-state index contributed by atoms with van der Waals surface area (Å²) in [5.74, 6) is -2.25. The fourth-order valence-corrected chi connectivity index (χ4v) is 1.69. The van der Waals surface area contributed by atoms with E-state index < -0.39 is 17.6 Å². The van der Waals surface area contributed by atoms with Crippen LogP contribution in [-0.4, -0.2) is 18.9 Å². The molecule has 1 aromatic heterocycles. The predicted molar refractivity (Wildman–Crippen MR) is 64.9 cm³/mol. The van der Waals surface area contributed by atoms with Gasteiger partial charge in [0.05, 0.1) is 12.1 Å². The van der Waals surface area contributed by atoms with Gasteiger partial charge in [-0.15, -0.1) is 0 Å². The van der Waals surface area contributed by atoms with Crippen LogP contribution in [-0.2, 0) is 4.74 Å². The second kappa shape index (κ2) is 5.24. The van der Waals surface area contributed by atoms with E-state index in [2.05, 4.69) is 4.74 Å². The monoisotopic (exact) mass is 282 g/mol. The van der Waals surface area contributed by atoms with Crippen molar-refractivity contribution >= 4 is 23.4 Å². The molecule has 0 saturated carbocycles. The molecule has 0 atom stereocenters. The third kappa shape index (κ3) is 2.51. The van der Waals surface area contributed by atoms with Crippen LogP contribution in [0.15, 0.2) is 34.7 Å². The summed E-state index contributed by atoms with van der Waals surface area (Å²) in [6, 6.07) is 6.47. The van der Waals surface area contributed by atoms with Crippen LogP contribution in [0, 0.1) is 5.82 Å². The van der Waals surface area contributed by atoms with Gasteiger partial charge < -0.3 is 9.15 Å². The lowest BCUT2D eigenvalue weighted by molar-refractivity contribution is 0.0563. The van der Waals surface area contributed by atoms with Crippen molar-refractivity contribution in [1.82, 2.24) is 0 Å². The minimum atomic E-state index is -0.704. The van der Waals surface area contributed by atoms with Crippen LogP contribution in [0.2, 0.25) is 5.02 Å². The van der Waals surface area contributed by atoms with Crippen LogP contribution in [0.1, 0.15) is 26.7 Å². The molecule has 1 aromatic carbocycles. The first-order chi connectivity index (χ1) is 9.04. The van der Waals surface area contributed by atoms with Crippen molar-refractivity contribution in [3.8, 4) is 0 Å². The molecule has 4 nitrogen and oxygen atoms in total. The molecule has 1 heterocycles. The molecule has 0 spiro atoms. The molecule has 0 aliphatic heterocycles. The van der Waals surface area contributed by atoms with Gasteiger partial charge in [0.1, 0.15) is 5.82 Å². The Labute approximate surface area is 112 Å². The Morgan fingerprint density at radius 1 is 1.21 bits per heavy atom. The molecule has 0 saturated heterocycles. The topological polar surface area (TPSA) is 56.5 Å². The normalized spacial score (nSPS) is 10.3. The number of methoxy groups -OCH3 is 1. The molecule has 0 N–H and O–H groups in total. The molecule has 19 heavy (non-hydrogen) atoms. The smallest absolute Gasteiger partial charge is 0.373 e. The number of furan rings is 1. The van der Waals surface area contributed by atoms with Gasteiger partial charge in [0.15, 0.2) is 5.76 Å². The Morgan fingerprint density at radius 2 is 1.89 bits per heavy atom. The highest BCUT2D eigenvalue weighted by atomic mass is 35.5. The molecule has 0 unspecified atom stereocenters. The van der Waals surface area contributed by atoms with Crippen molar-refractivity contribution < 1.29 is 23.1 Å². The average Bonchev–Trinajstić information content (AvgIpc) is 2.90. The zero-order chi connectivity index (χ0) is 14.0. The number of hydrogen-bond donors (Lipinski definition) is 0. The average molecular weight is 283 g/mol. The van der Waals surface area contributed by atoms with E-state index in [0.717, 1.165) is 6.07 Å². The number of rotatable bonds is 3. The van der Waals surface area contributed by atoms with Crippen LogP contribution in [0.25, 0.3) is 0 Å². The van der Waals surface area contributed by atoms with Gasteiger partial charge in [-0.2, -0.15) is 0 Å². The number of ether oxygens (including phenoxy) is 1. The zero-order valence-electron chi connectivity index (χ0n) is 9.78. The van der Waals surface area contributed by atoms with Crippen molar-refractivity contribution in [2.45, 2.75) is 0 Å².